The monoisotopic (exact) mass is 343 g/mol. The molecule has 1 saturated heterocycles. The van der Waals surface area contributed by atoms with Crippen molar-refractivity contribution in [1.29, 1.82) is 0 Å². The highest BCUT2D eigenvalue weighted by Crippen LogP contribution is 2.27. The molecule has 0 N–H and O–H groups in total. The van der Waals surface area contributed by atoms with Crippen LogP contribution < -0.4 is 0 Å². The fourth-order valence-electron chi connectivity index (χ4n) is 2.88. The van der Waals surface area contributed by atoms with Crippen LogP contribution in [0.3, 0.4) is 0 Å². The molecular formula is C19H18FNO4. The number of carbonyl (C=O) groups is 2. The first-order chi connectivity index (χ1) is 11.7. The maximum atomic E-state index is 13.5. The van der Waals surface area contributed by atoms with E-state index in [1.54, 1.807) is 12.1 Å². The number of halogens is 1. The lowest BCUT2D eigenvalue weighted by molar-refractivity contribution is -0.222. The molecular weight excluding hydrogens is 325 g/mol. The van der Waals surface area contributed by atoms with E-state index >= 15 is 0 Å². The predicted molar refractivity (Wildman–Crippen MR) is 89.4 cm³/mol. The van der Waals surface area contributed by atoms with Crippen LogP contribution in [0, 0.1) is 19.7 Å². The summed E-state index contributed by atoms with van der Waals surface area (Å²) in [6.45, 7) is 6.68. The molecule has 1 aromatic heterocycles. The summed E-state index contributed by atoms with van der Waals surface area (Å²) < 4.78 is 25.6. The molecule has 0 atom stereocenters. The number of ether oxygens (including phenoxy) is 2. The van der Waals surface area contributed by atoms with E-state index in [-0.39, 0.29) is 11.4 Å². The van der Waals surface area contributed by atoms with Gasteiger partial charge in [-0.15, -0.1) is 0 Å². The zero-order chi connectivity index (χ0) is 18.4. The van der Waals surface area contributed by atoms with Gasteiger partial charge >= 0.3 is 11.9 Å². The largest absolute Gasteiger partial charge is 0.419 e. The van der Waals surface area contributed by atoms with Gasteiger partial charge in [0.05, 0.1) is 0 Å². The van der Waals surface area contributed by atoms with Crippen LogP contribution in [0.5, 0.6) is 0 Å². The van der Waals surface area contributed by atoms with Crippen molar-refractivity contribution in [3.8, 4) is 5.69 Å². The predicted octanol–water partition coefficient (Wildman–Crippen LogP) is 3.45. The molecule has 0 radical (unpaired) electrons. The Kier molecular flexibility index (Phi) is 3.99. The molecule has 3 rings (SSSR count). The molecule has 0 bridgehead atoms. The molecule has 0 aliphatic carbocycles. The number of aromatic nitrogens is 1. The molecule has 130 valence electrons. The van der Waals surface area contributed by atoms with E-state index < -0.39 is 17.7 Å². The first-order valence-corrected chi connectivity index (χ1v) is 7.81. The smallest absolute Gasteiger partial charge is 0.348 e. The SMILES string of the molecule is Cc1cc(C=C2C(=O)OC(C)(C)OC2=O)c(C)n1-c1cccc(F)c1. The van der Waals surface area contributed by atoms with Crippen molar-refractivity contribution in [2.75, 3.05) is 0 Å². The van der Waals surface area contributed by atoms with E-state index in [9.17, 15) is 14.0 Å². The van der Waals surface area contributed by atoms with Gasteiger partial charge in [0.25, 0.3) is 5.79 Å². The lowest BCUT2D eigenvalue weighted by Crippen LogP contribution is -2.41. The van der Waals surface area contributed by atoms with Crippen molar-refractivity contribution in [1.82, 2.24) is 4.57 Å². The molecule has 2 heterocycles. The van der Waals surface area contributed by atoms with Gasteiger partial charge in [-0.25, -0.2) is 14.0 Å². The number of aryl methyl sites for hydroxylation is 1. The molecule has 6 heteroatoms. The molecule has 1 aliphatic rings. The minimum absolute atomic E-state index is 0.168. The maximum Gasteiger partial charge on any atom is 0.348 e. The number of benzene rings is 1. The Bertz CT molecular complexity index is 886. The third-order valence-electron chi connectivity index (χ3n) is 3.95. The topological polar surface area (TPSA) is 57.5 Å². The minimum Gasteiger partial charge on any atom is -0.419 e. The summed E-state index contributed by atoms with van der Waals surface area (Å²) >= 11 is 0. The summed E-state index contributed by atoms with van der Waals surface area (Å²) in [5.41, 5.74) is 2.76. The van der Waals surface area contributed by atoms with Gasteiger partial charge < -0.3 is 14.0 Å². The van der Waals surface area contributed by atoms with Crippen LogP contribution in [0.25, 0.3) is 11.8 Å². The van der Waals surface area contributed by atoms with E-state index in [1.807, 2.05) is 24.5 Å². The fraction of sp³-hybridized carbons (Fsp3) is 0.263. The highest BCUT2D eigenvalue weighted by atomic mass is 19.1. The van der Waals surface area contributed by atoms with Gasteiger partial charge in [-0.2, -0.15) is 0 Å². The summed E-state index contributed by atoms with van der Waals surface area (Å²) in [6.07, 6.45) is 1.44. The second kappa shape index (κ2) is 5.88. The second-order valence-electron chi connectivity index (χ2n) is 6.38. The molecule has 2 aromatic rings. The number of hydrogen-bond donors (Lipinski definition) is 0. The normalized spacial score (nSPS) is 16.4. The number of esters is 2. The van der Waals surface area contributed by atoms with Crippen LogP contribution in [0.2, 0.25) is 0 Å². The van der Waals surface area contributed by atoms with E-state index in [0.717, 1.165) is 11.4 Å². The van der Waals surface area contributed by atoms with Crippen molar-refractivity contribution in [3.63, 3.8) is 0 Å². The first-order valence-electron chi connectivity index (χ1n) is 7.81. The highest BCUT2D eigenvalue weighted by Gasteiger charge is 2.39. The molecule has 0 saturated carbocycles. The van der Waals surface area contributed by atoms with Gasteiger partial charge in [0.1, 0.15) is 11.4 Å². The van der Waals surface area contributed by atoms with Gasteiger partial charge in [0, 0.05) is 30.9 Å². The van der Waals surface area contributed by atoms with Crippen molar-refractivity contribution < 1.29 is 23.5 Å². The van der Waals surface area contributed by atoms with E-state index in [1.165, 1.54) is 32.1 Å². The van der Waals surface area contributed by atoms with Crippen LogP contribution in [0.4, 0.5) is 4.39 Å². The third kappa shape index (κ3) is 3.20. The molecule has 1 aromatic carbocycles. The summed E-state index contributed by atoms with van der Waals surface area (Å²) in [5, 5.41) is 0. The zero-order valence-electron chi connectivity index (χ0n) is 14.4. The van der Waals surface area contributed by atoms with Crippen molar-refractivity contribution in [3.05, 3.63) is 58.7 Å². The number of nitrogens with zero attached hydrogens (tertiary/aromatic N) is 1. The van der Waals surface area contributed by atoms with Crippen LogP contribution in [0.15, 0.2) is 35.9 Å². The van der Waals surface area contributed by atoms with Crippen LogP contribution >= 0.6 is 0 Å². The number of carbonyl (C=O) groups excluding carboxylic acids is 2. The third-order valence-corrected chi connectivity index (χ3v) is 3.95. The summed E-state index contributed by atoms with van der Waals surface area (Å²) in [7, 11) is 0. The van der Waals surface area contributed by atoms with E-state index in [2.05, 4.69) is 0 Å². The quantitative estimate of drug-likeness (QED) is 0.476. The minimum atomic E-state index is -1.27. The molecule has 0 spiro atoms. The summed E-state index contributed by atoms with van der Waals surface area (Å²) in [5.74, 6) is -3.07. The molecule has 1 fully saturated rings. The average molecular weight is 343 g/mol. The summed E-state index contributed by atoms with van der Waals surface area (Å²) in [6, 6.07) is 8.01. The standard InChI is InChI=1S/C19H18FNO4/c1-11-8-13(9-16-17(22)24-19(3,4)25-18(16)23)12(2)21(11)15-7-5-6-14(20)10-15/h5-10H,1-4H3. The summed E-state index contributed by atoms with van der Waals surface area (Å²) in [4.78, 5) is 24.2. The fourth-order valence-corrected chi connectivity index (χ4v) is 2.88. The Labute approximate surface area is 144 Å². The van der Waals surface area contributed by atoms with Crippen molar-refractivity contribution >= 4 is 18.0 Å². The van der Waals surface area contributed by atoms with Gasteiger partial charge in [-0.05, 0) is 49.8 Å². The molecule has 0 amide bonds. The number of hydrogen-bond acceptors (Lipinski definition) is 4. The van der Waals surface area contributed by atoms with Gasteiger partial charge in [0.15, 0.2) is 0 Å². The van der Waals surface area contributed by atoms with Crippen LogP contribution in [0.1, 0.15) is 30.8 Å². The van der Waals surface area contributed by atoms with E-state index in [4.69, 9.17) is 9.47 Å². The average Bonchev–Trinajstić information content (AvgIpc) is 2.76. The van der Waals surface area contributed by atoms with E-state index in [0.29, 0.717) is 11.3 Å². The molecule has 5 nitrogen and oxygen atoms in total. The number of cyclic esters (lactones) is 2. The molecule has 0 unspecified atom stereocenters. The van der Waals surface area contributed by atoms with Crippen molar-refractivity contribution in [2.45, 2.75) is 33.5 Å². The Balaban J connectivity index is 2.04. The van der Waals surface area contributed by atoms with Crippen molar-refractivity contribution in [2.24, 2.45) is 0 Å². The Morgan fingerprint density at radius 3 is 2.32 bits per heavy atom. The van der Waals surface area contributed by atoms with Gasteiger partial charge in [0.2, 0.25) is 0 Å². The Morgan fingerprint density at radius 1 is 1.08 bits per heavy atom. The number of rotatable bonds is 2. The second-order valence-corrected chi connectivity index (χ2v) is 6.38. The van der Waals surface area contributed by atoms with Crippen LogP contribution in [-0.2, 0) is 19.1 Å². The zero-order valence-corrected chi connectivity index (χ0v) is 14.4. The van der Waals surface area contributed by atoms with Gasteiger partial charge in [-0.3, -0.25) is 0 Å². The Morgan fingerprint density at radius 2 is 1.72 bits per heavy atom. The Hall–Kier alpha value is -2.89. The lowest BCUT2D eigenvalue weighted by atomic mass is 10.1. The van der Waals surface area contributed by atoms with Crippen LogP contribution in [-0.4, -0.2) is 22.3 Å². The molecule has 1 aliphatic heterocycles. The van der Waals surface area contributed by atoms with Gasteiger partial charge in [-0.1, -0.05) is 6.07 Å². The highest BCUT2D eigenvalue weighted by molar-refractivity contribution is 6.18. The molecule has 25 heavy (non-hydrogen) atoms. The first kappa shape index (κ1) is 17.0. The maximum absolute atomic E-state index is 13.5. The lowest BCUT2D eigenvalue weighted by Gasteiger charge is -2.29.